The highest BCUT2D eigenvalue weighted by atomic mass is 19.1. The first-order valence-corrected chi connectivity index (χ1v) is 4.98. The van der Waals surface area contributed by atoms with Gasteiger partial charge in [0.2, 0.25) is 0 Å². The lowest BCUT2D eigenvalue weighted by Crippen LogP contribution is -2.50. The average Bonchev–Trinajstić information content (AvgIpc) is 2.21. The number of anilines is 1. The summed E-state index contributed by atoms with van der Waals surface area (Å²) in [5.41, 5.74) is 5.54. The molecule has 5 heteroatoms. The van der Waals surface area contributed by atoms with E-state index in [0.29, 0.717) is 12.2 Å². The standard InChI is InChI=1S/C11H16FN3O/c1-11(2,7-13)15-10(16)14-9-5-3-8(12)4-6-9/h3-6H,7,13H2,1-2H3,(H2,14,15,16). The van der Waals surface area contributed by atoms with Crippen molar-refractivity contribution in [2.24, 2.45) is 5.73 Å². The maximum absolute atomic E-state index is 12.6. The summed E-state index contributed by atoms with van der Waals surface area (Å²) >= 11 is 0. The van der Waals surface area contributed by atoms with Gasteiger partial charge in [0.25, 0.3) is 0 Å². The Balaban J connectivity index is 2.55. The highest BCUT2D eigenvalue weighted by Crippen LogP contribution is 2.08. The largest absolute Gasteiger partial charge is 0.332 e. The third kappa shape index (κ3) is 3.86. The van der Waals surface area contributed by atoms with Gasteiger partial charge in [-0.25, -0.2) is 9.18 Å². The fourth-order valence-electron chi connectivity index (χ4n) is 1.05. The number of hydrogen-bond donors (Lipinski definition) is 3. The maximum atomic E-state index is 12.6. The van der Waals surface area contributed by atoms with Crippen LogP contribution in [0.4, 0.5) is 14.9 Å². The molecule has 0 radical (unpaired) electrons. The molecule has 4 N–H and O–H groups in total. The number of carbonyl (C=O) groups excluding carboxylic acids is 1. The summed E-state index contributed by atoms with van der Waals surface area (Å²) in [6.07, 6.45) is 0. The van der Waals surface area contributed by atoms with E-state index in [1.165, 1.54) is 24.3 Å². The van der Waals surface area contributed by atoms with Gasteiger partial charge in [-0.15, -0.1) is 0 Å². The van der Waals surface area contributed by atoms with Gasteiger partial charge in [0.05, 0.1) is 0 Å². The molecule has 0 spiro atoms. The lowest BCUT2D eigenvalue weighted by Gasteiger charge is -2.24. The molecule has 0 fully saturated rings. The molecule has 88 valence electrons. The molecule has 0 saturated carbocycles. The molecular formula is C11H16FN3O. The van der Waals surface area contributed by atoms with Crippen LogP contribution in [0.1, 0.15) is 13.8 Å². The minimum Gasteiger partial charge on any atom is -0.332 e. The zero-order valence-corrected chi connectivity index (χ0v) is 9.38. The molecule has 16 heavy (non-hydrogen) atoms. The Hall–Kier alpha value is -1.62. The number of nitrogens with one attached hydrogen (secondary N) is 2. The first kappa shape index (κ1) is 12.4. The van der Waals surface area contributed by atoms with Crippen LogP contribution >= 0.6 is 0 Å². The number of nitrogens with two attached hydrogens (primary N) is 1. The van der Waals surface area contributed by atoms with Crippen molar-refractivity contribution in [3.05, 3.63) is 30.1 Å². The highest BCUT2D eigenvalue weighted by molar-refractivity contribution is 5.89. The topological polar surface area (TPSA) is 67.1 Å². The van der Waals surface area contributed by atoms with Gasteiger partial charge in [-0.2, -0.15) is 0 Å². The van der Waals surface area contributed by atoms with Crippen LogP contribution in [0.3, 0.4) is 0 Å². The normalized spacial score (nSPS) is 11.0. The second-order valence-corrected chi connectivity index (χ2v) is 4.17. The van der Waals surface area contributed by atoms with Crippen LogP contribution in [0.5, 0.6) is 0 Å². The lowest BCUT2D eigenvalue weighted by atomic mass is 10.1. The Morgan fingerprint density at radius 2 is 1.94 bits per heavy atom. The third-order valence-electron chi connectivity index (χ3n) is 2.06. The molecule has 0 atom stereocenters. The maximum Gasteiger partial charge on any atom is 0.319 e. The number of halogens is 1. The Bertz CT molecular complexity index is 362. The predicted octanol–water partition coefficient (Wildman–Crippen LogP) is 1.68. The molecule has 0 heterocycles. The van der Waals surface area contributed by atoms with Crippen molar-refractivity contribution in [1.29, 1.82) is 0 Å². The van der Waals surface area contributed by atoms with E-state index in [4.69, 9.17) is 5.73 Å². The molecule has 0 unspecified atom stereocenters. The van der Waals surface area contributed by atoms with E-state index in [1.807, 2.05) is 13.8 Å². The van der Waals surface area contributed by atoms with Gasteiger partial charge in [-0.3, -0.25) is 0 Å². The van der Waals surface area contributed by atoms with Gasteiger partial charge >= 0.3 is 6.03 Å². The van der Waals surface area contributed by atoms with E-state index in [0.717, 1.165) is 0 Å². The molecule has 1 aromatic carbocycles. The van der Waals surface area contributed by atoms with Crippen molar-refractivity contribution in [2.45, 2.75) is 19.4 Å². The number of benzene rings is 1. The molecule has 0 aliphatic carbocycles. The van der Waals surface area contributed by atoms with Gasteiger partial charge in [0.15, 0.2) is 0 Å². The number of hydrogen-bond acceptors (Lipinski definition) is 2. The summed E-state index contributed by atoms with van der Waals surface area (Å²) in [6.45, 7) is 3.97. The predicted molar refractivity (Wildman–Crippen MR) is 61.7 cm³/mol. The molecule has 0 aromatic heterocycles. The SMILES string of the molecule is CC(C)(CN)NC(=O)Nc1ccc(F)cc1. The highest BCUT2D eigenvalue weighted by Gasteiger charge is 2.17. The molecule has 0 bridgehead atoms. The summed E-state index contributed by atoms with van der Waals surface area (Å²) < 4.78 is 12.6. The minimum absolute atomic E-state index is 0.337. The fourth-order valence-corrected chi connectivity index (χ4v) is 1.05. The van der Waals surface area contributed by atoms with E-state index in [2.05, 4.69) is 10.6 Å². The number of amides is 2. The summed E-state index contributed by atoms with van der Waals surface area (Å²) in [5, 5.41) is 5.29. The van der Waals surface area contributed by atoms with E-state index in [1.54, 1.807) is 0 Å². The quantitative estimate of drug-likeness (QED) is 0.732. The third-order valence-corrected chi connectivity index (χ3v) is 2.06. The van der Waals surface area contributed by atoms with Crippen molar-refractivity contribution >= 4 is 11.7 Å². The van der Waals surface area contributed by atoms with Crippen LogP contribution in [0.25, 0.3) is 0 Å². The summed E-state index contributed by atoms with van der Waals surface area (Å²) in [7, 11) is 0. The van der Waals surface area contributed by atoms with Crippen LogP contribution in [-0.2, 0) is 0 Å². The van der Waals surface area contributed by atoms with Crippen LogP contribution in [0.2, 0.25) is 0 Å². The van der Waals surface area contributed by atoms with E-state index < -0.39 is 5.54 Å². The van der Waals surface area contributed by atoms with E-state index in [-0.39, 0.29) is 11.8 Å². The second kappa shape index (κ2) is 4.94. The van der Waals surface area contributed by atoms with Crippen LogP contribution in [-0.4, -0.2) is 18.1 Å². The summed E-state index contributed by atoms with van der Waals surface area (Å²) in [5.74, 6) is -0.340. The van der Waals surface area contributed by atoms with Crippen molar-refractivity contribution in [1.82, 2.24) is 5.32 Å². The van der Waals surface area contributed by atoms with Crippen molar-refractivity contribution in [3.8, 4) is 0 Å². The number of rotatable bonds is 3. The zero-order chi connectivity index (χ0) is 12.2. The molecule has 1 rings (SSSR count). The van der Waals surface area contributed by atoms with Gasteiger partial charge in [-0.1, -0.05) is 0 Å². The Labute approximate surface area is 94.0 Å². The molecule has 1 aromatic rings. The lowest BCUT2D eigenvalue weighted by molar-refractivity contribution is 0.242. The van der Waals surface area contributed by atoms with E-state index >= 15 is 0 Å². The smallest absolute Gasteiger partial charge is 0.319 e. The van der Waals surface area contributed by atoms with Gasteiger partial charge in [-0.05, 0) is 38.1 Å². The minimum atomic E-state index is -0.468. The number of urea groups is 1. The molecule has 4 nitrogen and oxygen atoms in total. The first-order valence-electron chi connectivity index (χ1n) is 4.98. The van der Waals surface area contributed by atoms with Crippen LogP contribution in [0, 0.1) is 5.82 Å². The van der Waals surface area contributed by atoms with Crippen LogP contribution < -0.4 is 16.4 Å². The second-order valence-electron chi connectivity index (χ2n) is 4.17. The monoisotopic (exact) mass is 225 g/mol. The summed E-state index contributed by atoms with van der Waals surface area (Å²) in [4.78, 5) is 11.5. The van der Waals surface area contributed by atoms with Gasteiger partial charge in [0, 0.05) is 17.8 Å². The molecule has 0 aliphatic heterocycles. The van der Waals surface area contributed by atoms with E-state index in [9.17, 15) is 9.18 Å². The van der Waals surface area contributed by atoms with Crippen LogP contribution in [0.15, 0.2) is 24.3 Å². The fraction of sp³-hybridized carbons (Fsp3) is 0.364. The molecule has 0 saturated heterocycles. The van der Waals surface area contributed by atoms with Crippen molar-refractivity contribution < 1.29 is 9.18 Å². The van der Waals surface area contributed by atoms with Crippen molar-refractivity contribution in [2.75, 3.05) is 11.9 Å². The Morgan fingerprint density at radius 1 is 1.38 bits per heavy atom. The Kier molecular flexibility index (Phi) is 3.84. The average molecular weight is 225 g/mol. The van der Waals surface area contributed by atoms with Gasteiger partial charge < -0.3 is 16.4 Å². The number of carbonyl (C=O) groups is 1. The molecule has 2 amide bonds. The Morgan fingerprint density at radius 3 is 2.44 bits per heavy atom. The molecule has 0 aliphatic rings. The first-order chi connectivity index (χ1) is 7.43. The van der Waals surface area contributed by atoms with Gasteiger partial charge in [0.1, 0.15) is 5.82 Å². The molecular weight excluding hydrogens is 209 g/mol. The zero-order valence-electron chi connectivity index (χ0n) is 9.38. The summed E-state index contributed by atoms with van der Waals surface area (Å²) in [6, 6.07) is 5.18. The van der Waals surface area contributed by atoms with Crippen molar-refractivity contribution in [3.63, 3.8) is 0 Å².